The number of Topliss-reactive ketones (excluding diaryl/α,β-unsaturated/α-hetero) is 1. The fourth-order valence-electron chi connectivity index (χ4n) is 6.71. The highest BCUT2D eigenvalue weighted by molar-refractivity contribution is 5.95. The minimum Gasteiger partial charge on any atom is -0.334 e. The maximum Gasteiger partial charge on any atom is 0.183 e. The molecule has 3 atom stereocenters. The first-order chi connectivity index (χ1) is 17.6. The minimum atomic E-state index is -0.811. The van der Waals surface area contributed by atoms with Gasteiger partial charge < -0.3 is 9.47 Å². The number of fused-ring (bicyclic) bond motifs is 2. The maximum absolute atomic E-state index is 14.0. The van der Waals surface area contributed by atoms with Crippen molar-refractivity contribution in [2.24, 2.45) is 5.41 Å². The summed E-state index contributed by atoms with van der Waals surface area (Å²) in [6.07, 6.45) is 18.8. The van der Waals surface area contributed by atoms with Crippen LogP contribution < -0.4 is 0 Å². The Morgan fingerprint density at radius 3 is 1.92 bits per heavy atom. The van der Waals surface area contributed by atoms with Crippen molar-refractivity contribution in [1.29, 1.82) is 0 Å². The second-order valence-corrected chi connectivity index (χ2v) is 10.8. The molecule has 0 radical (unpaired) electrons. The Hall–Kier alpha value is -3.01. The summed E-state index contributed by atoms with van der Waals surface area (Å²) in [6.45, 7) is 2.07. The summed E-state index contributed by atoms with van der Waals surface area (Å²) in [5.41, 5.74) is 3.26. The molecule has 2 heterocycles. The van der Waals surface area contributed by atoms with E-state index in [2.05, 4.69) is 67.6 Å². The molecular formula is C33H34O3. The summed E-state index contributed by atoms with van der Waals surface area (Å²) >= 11 is 0. The zero-order chi connectivity index (χ0) is 24.6. The van der Waals surface area contributed by atoms with Crippen molar-refractivity contribution in [3.8, 4) is 0 Å². The van der Waals surface area contributed by atoms with Crippen LogP contribution in [0.15, 0.2) is 96.1 Å². The Balaban J connectivity index is 1.41. The van der Waals surface area contributed by atoms with Gasteiger partial charge in [-0.15, -0.1) is 0 Å². The van der Waals surface area contributed by atoms with Gasteiger partial charge in [-0.25, -0.2) is 0 Å². The Morgan fingerprint density at radius 1 is 0.778 bits per heavy atom. The van der Waals surface area contributed by atoms with Crippen molar-refractivity contribution in [3.63, 3.8) is 0 Å². The molecule has 2 aliphatic heterocycles. The van der Waals surface area contributed by atoms with E-state index in [1.165, 1.54) is 0 Å². The van der Waals surface area contributed by atoms with Crippen molar-refractivity contribution >= 4 is 17.9 Å². The first-order valence-electron chi connectivity index (χ1n) is 13.4. The van der Waals surface area contributed by atoms with Crippen LogP contribution in [0.5, 0.6) is 0 Å². The molecule has 0 amide bonds. The highest BCUT2D eigenvalue weighted by Gasteiger charge is 2.77. The van der Waals surface area contributed by atoms with Crippen molar-refractivity contribution < 1.29 is 14.3 Å². The molecule has 2 saturated carbocycles. The second-order valence-electron chi connectivity index (χ2n) is 10.8. The predicted molar refractivity (Wildman–Crippen MR) is 144 cm³/mol. The van der Waals surface area contributed by atoms with E-state index in [1.54, 1.807) is 0 Å². The molecule has 36 heavy (non-hydrogen) atoms. The van der Waals surface area contributed by atoms with Crippen LogP contribution in [0, 0.1) is 5.41 Å². The van der Waals surface area contributed by atoms with Gasteiger partial charge in [0, 0.05) is 6.42 Å². The van der Waals surface area contributed by atoms with Crippen LogP contribution >= 0.6 is 0 Å². The number of allylic oxidation sites excluding steroid dienone is 4. The second kappa shape index (κ2) is 9.14. The van der Waals surface area contributed by atoms with Gasteiger partial charge in [-0.3, -0.25) is 4.79 Å². The third-order valence-electron chi connectivity index (χ3n) is 8.68. The van der Waals surface area contributed by atoms with Crippen molar-refractivity contribution in [1.82, 2.24) is 0 Å². The van der Waals surface area contributed by atoms with Crippen molar-refractivity contribution in [2.45, 2.75) is 69.4 Å². The number of hydrogen-bond donors (Lipinski definition) is 0. The zero-order valence-corrected chi connectivity index (χ0v) is 21.0. The molecule has 2 aromatic rings. The molecule has 0 N–H and O–H groups in total. The van der Waals surface area contributed by atoms with E-state index in [0.29, 0.717) is 0 Å². The van der Waals surface area contributed by atoms with Crippen LogP contribution in [0.25, 0.3) is 12.2 Å². The van der Waals surface area contributed by atoms with E-state index in [-0.39, 0.29) is 5.78 Å². The number of carbonyl (C=O) groups excluding carboxylic acids is 1. The van der Waals surface area contributed by atoms with Gasteiger partial charge in [0.05, 0.1) is 5.41 Å². The molecule has 4 aliphatic rings. The van der Waals surface area contributed by atoms with Crippen LogP contribution in [0.4, 0.5) is 0 Å². The first kappa shape index (κ1) is 23.4. The zero-order valence-electron chi connectivity index (χ0n) is 21.0. The minimum absolute atomic E-state index is 0.228. The van der Waals surface area contributed by atoms with E-state index >= 15 is 0 Å². The van der Waals surface area contributed by atoms with Gasteiger partial charge >= 0.3 is 0 Å². The lowest BCUT2D eigenvalue weighted by molar-refractivity contribution is -0.242. The number of ether oxygens (including phenoxy) is 2. The molecule has 3 heteroatoms. The van der Waals surface area contributed by atoms with Crippen LogP contribution in [0.3, 0.4) is 0 Å². The normalized spacial score (nSPS) is 36.0. The van der Waals surface area contributed by atoms with Gasteiger partial charge in [-0.1, -0.05) is 104 Å². The molecular weight excluding hydrogens is 444 g/mol. The molecule has 2 spiro atoms. The smallest absolute Gasteiger partial charge is 0.183 e. The molecule has 2 saturated heterocycles. The van der Waals surface area contributed by atoms with E-state index in [1.807, 2.05) is 36.4 Å². The standard InChI is InChI=1S/C33H34O3/c1-31-23-8-9-24-32(31)35-30(29(31)34)33(36-32)27(19-10-17-25-13-4-2-5-14-25)21-12-22-28(33)20-11-18-26-15-6-3-7-16-26/h2-7,10-11,13-20,30H,8-9,12,21-24H2,1H3/b17-10+,18-11+,27-19+,28-20+/t30-,31?,32-/m0/s1. The van der Waals surface area contributed by atoms with Crippen LogP contribution in [-0.4, -0.2) is 23.3 Å². The molecule has 184 valence electrons. The number of rotatable bonds is 4. The van der Waals surface area contributed by atoms with Crippen LogP contribution in [0.1, 0.15) is 63.0 Å². The Labute approximate surface area is 214 Å². The number of carbonyl (C=O) groups is 1. The average Bonchev–Trinajstić information content (AvgIpc) is 3.36. The summed E-state index contributed by atoms with van der Waals surface area (Å²) in [4.78, 5) is 14.0. The van der Waals surface area contributed by atoms with E-state index < -0.39 is 22.9 Å². The highest BCUT2D eigenvalue weighted by Crippen LogP contribution is 2.66. The van der Waals surface area contributed by atoms with E-state index in [9.17, 15) is 4.79 Å². The lowest BCUT2D eigenvalue weighted by atomic mass is 9.61. The van der Waals surface area contributed by atoms with Crippen LogP contribution in [0.2, 0.25) is 0 Å². The van der Waals surface area contributed by atoms with Gasteiger partial charge in [0.25, 0.3) is 0 Å². The van der Waals surface area contributed by atoms with Crippen molar-refractivity contribution in [3.05, 3.63) is 107 Å². The summed E-state index contributed by atoms with van der Waals surface area (Å²) in [5, 5.41) is 0. The third kappa shape index (κ3) is 3.60. The van der Waals surface area contributed by atoms with Crippen molar-refractivity contribution in [2.75, 3.05) is 0 Å². The lowest BCUT2D eigenvalue weighted by Gasteiger charge is -2.51. The van der Waals surface area contributed by atoms with E-state index in [4.69, 9.17) is 9.47 Å². The summed E-state index contributed by atoms with van der Waals surface area (Å²) in [5.74, 6) is -0.583. The monoisotopic (exact) mass is 478 g/mol. The average molecular weight is 479 g/mol. The van der Waals surface area contributed by atoms with Gasteiger partial charge in [-0.05, 0) is 61.3 Å². The Morgan fingerprint density at radius 2 is 1.33 bits per heavy atom. The molecule has 2 aromatic carbocycles. The number of ketones is 1. The molecule has 1 unspecified atom stereocenters. The summed E-state index contributed by atoms with van der Waals surface area (Å²) in [7, 11) is 0. The Kier molecular flexibility index (Phi) is 5.94. The maximum atomic E-state index is 14.0. The predicted octanol–water partition coefficient (Wildman–Crippen LogP) is 7.46. The quantitative estimate of drug-likeness (QED) is 0.457. The fraction of sp³-hybridized carbons (Fsp3) is 0.364. The lowest BCUT2D eigenvalue weighted by Crippen LogP contribution is -2.61. The molecule has 0 aromatic heterocycles. The van der Waals surface area contributed by atoms with Gasteiger partial charge in [0.2, 0.25) is 0 Å². The third-order valence-corrected chi connectivity index (χ3v) is 8.68. The highest BCUT2D eigenvalue weighted by atomic mass is 16.8. The molecule has 4 fully saturated rings. The topological polar surface area (TPSA) is 35.5 Å². The first-order valence-corrected chi connectivity index (χ1v) is 13.4. The van der Waals surface area contributed by atoms with E-state index in [0.717, 1.165) is 67.2 Å². The van der Waals surface area contributed by atoms with Gasteiger partial charge in [0.1, 0.15) is 5.60 Å². The molecule has 6 rings (SSSR count). The SMILES string of the molecule is CC12CCCC[C@@]13O[C@@H](C2=O)C1(O3)/C(=C/C=C/c2ccccc2)CCC/C1=C\C=C\c1ccccc1. The summed E-state index contributed by atoms with van der Waals surface area (Å²) < 4.78 is 13.8. The molecule has 3 nitrogen and oxygen atoms in total. The Bertz CT molecular complexity index is 1180. The summed E-state index contributed by atoms with van der Waals surface area (Å²) in [6, 6.07) is 20.6. The molecule has 2 aliphatic carbocycles. The molecule has 2 bridgehead atoms. The number of benzene rings is 2. The van der Waals surface area contributed by atoms with Crippen LogP contribution in [-0.2, 0) is 14.3 Å². The largest absolute Gasteiger partial charge is 0.334 e. The fourth-order valence-corrected chi connectivity index (χ4v) is 6.71. The van der Waals surface area contributed by atoms with Gasteiger partial charge in [-0.2, -0.15) is 0 Å². The van der Waals surface area contributed by atoms with Gasteiger partial charge in [0.15, 0.2) is 17.7 Å². The number of hydrogen-bond acceptors (Lipinski definition) is 3.